The molecule has 0 bridgehead atoms. The normalized spacial score (nSPS) is 12.5. The third kappa shape index (κ3) is 4.02. The SMILES string of the molecule is CN=C/C(Cc1cccc(F)c1)=C(\N)c1cc(Cl)nc(N)n1. The van der Waals surface area contributed by atoms with Crippen molar-refractivity contribution in [2.45, 2.75) is 6.42 Å². The highest BCUT2D eigenvalue weighted by atomic mass is 35.5. The Morgan fingerprint density at radius 1 is 1.36 bits per heavy atom. The second-order valence-corrected chi connectivity index (χ2v) is 4.95. The lowest BCUT2D eigenvalue weighted by Crippen LogP contribution is -2.09. The highest BCUT2D eigenvalue weighted by Crippen LogP contribution is 2.18. The van der Waals surface area contributed by atoms with E-state index in [0.29, 0.717) is 23.4 Å². The van der Waals surface area contributed by atoms with Gasteiger partial charge in [0.05, 0.1) is 11.4 Å². The van der Waals surface area contributed by atoms with E-state index in [1.807, 2.05) is 0 Å². The smallest absolute Gasteiger partial charge is 0.222 e. The van der Waals surface area contributed by atoms with Gasteiger partial charge in [0, 0.05) is 25.7 Å². The van der Waals surface area contributed by atoms with E-state index in [1.54, 1.807) is 25.4 Å². The van der Waals surface area contributed by atoms with E-state index in [9.17, 15) is 4.39 Å². The first-order valence-electron chi connectivity index (χ1n) is 6.45. The molecule has 0 aliphatic carbocycles. The average Bonchev–Trinajstić information content (AvgIpc) is 2.45. The van der Waals surface area contributed by atoms with Crippen LogP contribution in [0.15, 0.2) is 40.9 Å². The lowest BCUT2D eigenvalue weighted by Gasteiger charge is -2.09. The molecule has 0 aliphatic rings. The molecule has 5 nitrogen and oxygen atoms in total. The fourth-order valence-corrected chi connectivity index (χ4v) is 2.16. The van der Waals surface area contributed by atoms with Crippen LogP contribution in [0.4, 0.5) is 10.3 Å². The molecule has 0 amide bonds. The van der Waals surface area contributed by atoms with Gasteiger partial charge in [-0.2, -0.15) is 0 Å². The molecule has 0 atom stereocenters. The standard InChI is InChI=1S/C15H15ClFN5/c1-20-8-10(5-9-3-2-4-11(17)6-9)14(18)12-7-13(16)22-15(19)21-12/h2-4,6-8H,5,18H2,1H3,(H2,19,21,22)/b14-10-,20-8?. The summed E-state index contributed by atoms with van der Waals surface area (Å²) < 4.78 is 13.3. The molecule has 0 saturated heterocycles. The van der Waals surface area contributed by atoms with Crippen molar-refractivity contribution in [3.05, 3.63) is 58.1 Å². The fraction of sp³-hybridized carbons (Fsp3) is 0.133. The van der Waals surface area contributed by atoms with Crippen LogP contribution in [-0.4, -0.2) is 23.2 Å². The van der Waals surface area contributed by atoms with Gasteiger partial charge in [-0.3, -0.25) is 4.99 Å². The highest BCUT2D eigenvalue weighted by molar-refractivity contribution is 6.29. The third-order valence-electron chi connectivity index (χ3n) is 2.90. The van der Waals surface area contributed by atoms with E-state index in [1.165, 1.54) is 18.2 Å². The number of nitrogens with zero attached hydrogens (tertiary/aromatic N) is 3. The summed E-state index contributed by atoms with van der Waals surface area (Å²) in [5.74, 6) is -0.276. The molecular formula is C15H15ClFN5. The quantitative estimate of drug-likeness (QED) is 0.669. The summed E-state index contributed by atoms with van der Waals surface area (Å²) in [5, 5.41) is 0.198. The number of hydrogen-bond acceptors (Lipinski definition) is 5. The lowest BCUT2D eigenvalue weighted by atomic mass is 10.0. The average molecular weight is 320 g/mol. The van der Waals surface area contributed by atoms with Crippen LogP contribution >= 0.6 is 11.6 Å². The van der Waals surface area contributed by atoms with Crippen LogP contribution in [-0.2, 0) is 6.42 Å². The predicted octanol–water partition coefficient (Wildman–Crippen LogP) is 2.46. The van der Waals surface area contributed by atoms with Crippen LogP contribution in [0.1, 0.15) is 11.3 Å². The first kappa shape index (κ1) is 15.9. The Morgan fingerprint density at radius 3 is 2.77 bits per heavy atom. The maximum absolute atomic E-state index is 13.3. The Morgan fingerprint density at radius 2 is 2.14 bits per heavy atom. The van der Waals surface area contributed by atoms with E-state index >= 15 is 0 Å². The van der Waals surface area contributed by atoms with Crippen LogP contribution in [0.2, 0.25) is 5.15 Å². The number of anilines is 1. The maximum Gasteiger partial charge on any atom is 0.222 e. The number of benzene rings is 1. The Kier molecular flexibility index (Phi) is 5.06. The molecule has 22 heavy (non-hydrogen) atoms. The number of aliphatic imine (C=N–C) groups is 1. The molecule has 0 fully saturated rings. The first-order chi connectivity index (χ1) is 10.5. The van der Waals surface area contributed by atoms with Gasteiger partial charge in [0.25, 0.3) is 0 Å². The van der Waals surface area contributed by atoms with Gasteiger partial charge < -0.3 is 11.5 Å². The summed E-state index contributed by atoms with van der Waals surface area (Å²) in [6, 6.07) is 7.79. The van der Waals surface area contributed by atoms with Gasteiger partial charge in [0.2, 0.25) is 5.95 Å². The van der Waals surface area contributed by atoms with Crippen molar-refractivity contribution < 1.29 is 4.39 Å². The molecule has 114 valence electrons. The van der Waals surface area contributed by atoms with Gasteiger partial charge in [-0.1, -0.05) is 23.7 Å². The van der Waals surface area contributed by atoms with Crippen molar-refractivity contribution in [1.29, 1.82) is 0 Å². The molecule has 0 aliphatic heterocycles. The van der Waals surface area contributed by atoms with E-state index in [-0.39, 0.29) is 16.9 Å². The van der Waals surface area contributed by atoms with E-state index in [4.69, 9.17) is 23.1 Å². The van der Waals surface area contributed by atoms with Gasteiger partial charge >= 0.3 is 0 Å². The van der Waals surface area contributed by atoms with Crippen molar-refractivity contribution in [3.63, 3.8) is 0 Å². The second-order valence-electron chi connectivity index (χ2n) is 4.57. The first-order valence-corrected chi connectivity index (χ1v) is 6.83. The Balaban J connectivity index is 2.44. The summed E-state index contributed by atoms with van der Waals surface area (Å²) in [6.07, 6.45) is 2.01. The largest absolute Gasteiger partial charge is 0.397 e. The Labute approximate surface area is 132 Å². The fourth-order valence-electron chi connectivity index (χ4n) is 1.97. The molecule has 2 rings (SSSR count). The monoisotopic (exact) mass is 319 g/mol. The van der Waals surface area contributed by atoms with Gasteiger partial charge in [-0.25, -0.2) is 14.4 Å². The summed E-state index contributed by atoms with van der Waals surface area (Å²) in [7, 11) is 1.63. The van der Waals surface area contributed by atoms with Gasteiger partial charge in [-0.05, 0) is 23.3 Å². The van der Waals surface area contributed by atoms with Crippen molar-refractivity contribution in [2.24, 2.45) is 10.7 Å². The molecule has 0 spiro atoms. The molecule has 0 saturated carbocycles. The van der Waals surface area contributed by atoms with Gasteiger partial charge in [-0.15, -0.1) is 0 Å². The van der Waals surface area contributed by atoms with Crippen LogP contribution in [0.25, 0.3) is 5.70 Å². The Hall–Kier alpha value is -2.47. The molecule has 0 unspecified atom stereocenters. The molecule has 7 heteroatoms. The van der Waals surface area contributed by atoms with Gasteiger partial charge in [0.1, 0.15) is 11.0 Å². The predicted molar refractivity (Wildman–Crippen MR) is 87.1 cm³/mol. The topological polar surface area (TPSA) is 90.2 Å². The van der Waals surface area contributed by atoms with Crippen LogP contribution in [0.5, 0.6) is 0 Å². The molecule has 1 heterocycles. The third-order valence-corrected chi connectivity index (χ3v) is 3.10. The molecule has 0 radical (unpaired) electrons. The summed E-state index contributed by atoms with van der Waals surface area (Å²) in [5.41, 5.74) is 13.9. The number of allylic oxidation sites excluding steroid dienone is 1. The minimum atomic E-state index is -0.307. The summed E-state index contributed by atoms with van der Waals surface area (Å²) in [6.45, 7) is 0. The number of rotatable bonds is 4. The van der Waals surface area contributed by atoms with Crippen LogP contribution < -0.4 is 11.5 Å². The van der Waals surface area contributed by atoms with E-state index < -0.39 is 0 Å². The molecule has 1 aromatic heterocycles. The van der Waals surface area contributed by atoms with E-state index in [2.05, 4.69) is 15.0 Å². The molecule has 1 aromatic carbocycles. The lowest BCUT2D eigenvalue weighted by molar-refractivity contribution is 0.626. The van der Waals surface area contributed by atoms with Crippen LogP contribution in [0.3, 0.4) is 0 Å². The maximum atomic E-state index is 13.3. The zero-order chi connectivity index (χ0) is 16.1. The molecule has 2 aromatic rings. The molecule has 4 N–H and O–H groups in total. The number of aromatic nitrogens is 2. The number of nitrogen functional groups attached to an aromatic ring is 1. The number of hydrogen-bond donors (Lipinski definition) is 2. The Bertz CT molecular complexity index is 722. The molecular weight excluding hydrogens is 305 g/mol. The highest BCUT2D eigenvalue weighted by Gasteiger charge is 2.10. The van der Waals surface area contributed by atoms with E-state index in [0.717, 1.165) is 5.56 Å². The van der Waals surface area contributed by atoms with Crippen molar-refractivity contribution >= 4 is 29.5 Å². The number of nitrogens with two attached hydrogens (primary N) is 2. The minimum absolute atomic E-state index is 0.0315. The second kappa shape index (κ2) is 7.00. The summed E-state index contributed by atoms with van der Waals surface area (Å²) in [4.78, 5) is 11.8. The zero-order valence-electron chi connectivity index (χ0n) is 11.9. The van der Waals surface area contributed by atoms with Crippen LogP contribution in [0, 0.1) is 5.82 Å². The number of halogens is 2. The van der Waals surface area contributed by atoms with Crippen molar-refractivity contribution in [1.82, 2.24) is 9.97 Å². The van der Waals surface area contributed by atoms with Crippen molar-refractivity contribution in [3.8, 4) is 0 Å². The zero-order valence-corrected chi connectivity index (χ0v) is 12.7. The minimum Gasteiger partial charge on any atom is -0.397 e. The van der Waals surface area contributed by atoms with Crippen molar-refractivity contribution in [2.75, 3.05) is 12.8 Å². The summed E-state index contributed by atoms with van der Waals surface area (Å²) >= 11 is 5.86. The van der Waals surface area contributed by atoms with Gasteiger partial charge in [0.15, 0.2) is 0 Å².